The number of carbonyl (C=O) groups excluding carboxylic acids is 1. The first-order valence-corrected chi connectivity index (χ1v) is 8.36. The third-order valence-corrected chi connectivity index (χ3v) is 4.30. The zero-order valence-corrected chi connectivity index (χ0v) is 15.1. The molecule has 2 rings (SSSR count). The molecule has 0 aromatic heterocycles. The lowest BCUT2D eigenvalue weighted by molar-refractivity contribution is 0.107. The highest BCUT2D eigenvalue weighted by Gasteiger charge is 2.26. The van der Waals surface area contributed by atoms with Crippen LogP contribution in [0.3, 0.4) is 0 Å². The monoisotopic (exact) mass is 335 g/mol. The van der Waals surface area contributed by atoms with Crippen LogP contribution in [0.15, 0.2) is 18.2 Å². The Labute approximate surface area is 144 Å². The molecule has 1 fully saturated rings. The van der Waals surface area contributed by atoms with Gasteiger partial charge in [-0.1, -0.05) is 6.92 Å². The minimum atomic E-state index is -0.623. The standard InChI is InChI=1S/C17H29N5O2/c1-5-20-8-10-21(11-9-20)13-6-7-14(18)15(12-13)24-16(23)22(19)17(2,3)4/h6-7,12H,5,8-11,18-19H2,1-4H3. The molecule has 1 saturated heterocycles. The second-order valence-electron chi connectivity index (χ2n) is 7.05. The van der Waals surface area contributed by atoms with Crippen molar-refractivity contribution in [1.29, 1.82) is 0 Å². The summed E-state index contributed by atoms with van der Waals surface area (Å²) in [5.41, 5.74) is 6.85. The van der Waals surface area contributed by atoms with Gasteiger partial charge in [0.2, 0.25) is 0 Å². The van der Waals surface area contributed by atoms with Gasteiger partial charge in [0.25, 0.3) is 0 Å². The predicted octanol–water partition coefficient (Wildman–Crippen LogP) is 1.88. The van der Waals surface area contributed by atoms with Crippen LogP contribution in [0.1, 0.15) is 27.7 Å². The van der Waals surface area contributed by atoms with Crippen LogP contribution in [-0.2, 0) is 0 Å². The fraction of sp³-hybridized carbons (Fsp3) is 0.588. The lowest BCUT2D eigenvalue weighted by atomic mass is 10.1. The summed E-state index contributed by atoms with van der Waals surface area (Å²) < 4.78 is 5.41. The number of rotatable bonds is 3. The van der Waals surface area contributed by atoms with Crippen molar-refractivity contribution >= 4 is 17.5 Å². The number of nitrogens with zero attached hydrogens (tertiary/aromatic N) is 3. The molecule has 0 atom stereocenters. The molecule has 0 spiro atoms. The first-order valence-electron chi connectivity index (χ1n) is 8.36. The summed E-state index contributed by atoms with van der Waals surface area (Å²) in [5.74, 6) is 6.15. The van der Waals surface area contributed by atoms with Crippen LogP contribution in [0.25, 0.3) is 0 Å². The molecule has 1 aromatic carbocycles. The fourth-order valence-electron chi connectivity index (χ4n) is 2.55. The molecule has 24 heavy (non-hydrogen) atoms. The molecule has 4 N–H and O–H groups in total. The van der Waals surface area contributed by atoms with E-state index >= 15 is 0 Å². The number of nitrogens with two attached hydrogens (primary N) is 2. The second-order valence-corrected chi connectivity index (χ2v) is 7.05. The van der Waals surface area contributed by atoms with Gasteiger partial charge in [0.1, 0.15) is 0 Å². The zero-order chi connectivity index (χ0) is 17.9. The van der Waals surface area contributed by atoms with Crippen molar-refractivity contribution in [3.05, 3.63) is 18.2 Å². The minimum Gasteiger partial charge on any atom is -0.407 e. The zero-order valence-electron chi connectivity index (χ0n) is 15.1. The van der Waals surface area contributed by atoms with Crippen molar-refractivity contribution < 1.29 is 9.53 Å². The normalized spacial score (nSPS) is 16.1. The summed E-state index contributed by atoms with van der Waals surface area (Å²) in [5, 5.41) is 1.07. The van der Waals surface area contributed by atoms with Crippen molar-refractivity contribution in [3.8, 4) is 5.75 Å². The number of piperazine rings is 1. The Hall–Kier alpha value is -1.99. The molecular weight excluding hydrogens is 306 g/mol. The van der Waals surface area contributed by atoms with Crippen LogP contribution in [0, 0.1) is 0 Å². The number of hydrogen-bond donors (Lipinski definition) is 2. The summed E-state index contributed by atoms with van der Waals surface area (Å²) in [7, 11) is 0. The predicted molar refractivity (Wildman–Crippen MR) is 97.0 cm³/mol. The van der Waals surface area contributed by atoms with E-state index in [-0.39, 0.29) is 0 Å². The van der Waals surface area contributed by atoms with Gasteiger partial charge in [-0.25, -0.2) is 15.6 Å². The Morgan fingerprint density at radius 2 is 1.88 bits per heavy atom. The van der Waals surface area contributed by atoms with Gasteiger partial charge in [0.15, 0.2) is 5.75 Å². The average Bonchev–Trinajstić information content (AvgIpc) is 2.55. The van der Waals surface area contributed by atoms with Crippen molar-refractivity contribution in [3.63, 3.8) is 0 Å². The molecule has 0 aliphatic carbocycles. The van der Waals surface area contributed by atoms with Gasteiger partial charge in [-0.3, -0.25) is 0 Å². The van der Waals surface area contributed by atoms with Crippen LogP contribution in [0.4, 0.5) is 16.2 Å². The number of benzene rings is 1. The van der Waals surface area contributed by atoms with Gasteiger partial charge in [-0.15, -0.1) is 0 Å². The second kappa shape index (κ2) is 7.27. The van der Waals surface area contributed by atoms with Crippen molar-refractivity contribution in [1.82, 2.24) is 9.91 Å². The molecule has 0 saturated carbocycles. The summed E-state index contributed by atoms with van der Waals surface area (Å²) >= 11 is 0. The van der Waals surface area contributed by atoms with E-state index in [2.05, 4.69) is 16.7 Å². The van der Waals surface area contributed by atoms with Crippen LogP contribution < -0.4 is 21.2 Å². The number of nitrogen functional groups attached to an aromatic ring is 1. The van der Waals surface area contributed by atoms with E-state index in [9.17, 15) is 4.79 Å². The maximum atomic E-state index is 12.2. The molecule has 1 aromatic rings. The Morgan fingerprint density at radius 1 is 1.25 bits per heavy atom. The molecule has 1 aliphatic rings. The summed E-state index contributed by atoms with van der Waals surface area (Å²) in [6, 6.07) is 5.53. The molecule has 134 valence electrons. The number of amides is 1. The van der Waals surface area contributed by atoms with Crippen LogP contribution in [0.2, 0.25) is 0 Å². The average molecular weight is 335 g/mol. The maximum Gasteiger partial charge on any atom is 0.430 e. The van der Waals surface area contributed by atoms with E-state index in [1.807, 2.05) is 32.9 Å². The van der Waals surface area contributed by atoms with E-state index in [4.69, 9.17) is 16.3 Å². The Bertz CT molecular complexity index is 577. The number of anilines is 2. The molecule has 0 radical (unpaired) electrons. The summed E-state index contributed by atoms with van der Waals surface area (Å²) in [4.78, 5) is 16.9. The first kappa shape index (κ1) is 18.4. The Kier molecular flexibility index (Phi) is 5.56. The van der Waals surface area contributed by atoms with Crippen molar-refractivity contribution in [2.45, 2.75) is 33.2 Å². The van der Waals surface area contributed by atoms with E-state index in [1.165, 1.54) is 0 Å². The molecule has 0 unspecified atom stereocenters. The number of carbonyl (C=O) groups is 1. The van der Waals surface area contributed by atoms with Gasteiger partial charge in [-0.05, 0) is 39.4 Å². The Balaban J connectivity index is 2.10. The number of ether oxygens (including phenoxy) is 1. The van der Waals surface area contributed by atoms with Gasteiger partial charge in [0, 0.05) is 37.9 Å². The molecule has 1 heterocycles. The quantitative estimate of drug-likeness (QED) is 0.379. The molecule has 0 bridgehead atoms. The highest BCUT2D eigenvalue weighted by molar-refractivity contribution is 5.74. The van der Waals surface area contributed by atoms with Crippen molar-refractivity contribution in [2.24, 2.45) is 5.84 Å². The van der Waals surface area contributed by atoms with E-state index in [1.54, 1.807) is 6.07 Å². The highest BCUT2D eigenvalue weighted by Crippen LogP contribution is 2.29. The van der Waals surface area contributed by atoms with Gasteiger partial charge in [0.05, 0.1) is 11.2 Å². The Morgan fingerprint density at radius 3 is 2.42 bits per heavy atom. The SMILES string of the molecule is CCN1CCN(c2ccc(N)c(OC(=O)N(N)C(C)(C)C)c2)CC1. The third-order valence-electron chi connectivity index (χ3n) is 4.30. The largest absolute Gasteiger partial charge is 0.430 e. The number of likely N-dealkylation sites (N-methyl/N-ethyl adjacent to an activating group) is 1. The van der Waals surface area contributed by atoms with Gasteiger partial charge >= 0.3 is 6.09 Å². The molecule has 7 nitrogen and oxygen atoms in total. The van der Waals surface area contributed by atoms with Gasteiger partial charge < -0.3 is 20.3 Å². The topological polar surface area (TPSA) is 88.1 Å². The minimum absolute atomic E-state index is 0.343. The van der Waals surface area contributed by atoms with E-state index < -0.39 is 11.6 Å². The van der Waals surface area contributed by atoms with E-state index in [0.29, 0.717) is 11.4 Å². The first-order chi connectivity index (χ1) is 11.2. The van der Waals surface area contributed by atoms with Crippen LogP contribution >= 0.6 is 0 Å². The molecule has 1 aliphatic heterocycles. The summed E-state index contributed by atoms with van der Waals surface area (Å²) in [6.45, 7) is 12.7. The summed E-state index contributed by atoms with van der Waals surface area (Å²) in [6.07, 6.45) is -0.623. The number of hydrogen-bond acceptors (Lipinski definition) is 6. The van der Waals surface area contributed by atoms with E-state index in [0.717, 1.165) is 43.4 Å². The fourth-order valence-corrected chi connectivity index (χ4v) is 2.55. The highest BCUT2D eigenvalue weighted by atomic mass is 16.6. The van der Waals surface area contributed by atoms with Crippen LogP contribution in [0.5, 0.6) is 5.75 Å². The lowest BCUT2D eigenvalue weighted by Crippen LogP contribution is -2.51. The third kappa shape index (κ3) is 4.30. The molecule has 7 heteroatoms. The van der Waals surface area contributed by atoms with Gasteiger partial charge in [-0.2, -0.15) is 0 Å². The van der Waals surface area contributed by atoms with Crippen LogP contribution in [-0.4, -0.2) is 54.3 Å². The number of hydrazine groups is 1. The lowest BCUT2D eigenvalue weighted by Gasteiger charge is -2.35. The molecular formula is C17H29N5O2. The maximum absolute atomic E-state index is 12.2. The smallest absolute Gasteiger partial charge is 0.407 e. The molecule has 1 amide bonds. The van der Waals surface area contributed by atoms with Crippen molar-refractivity contribution in [2.75, 3.05) is 43.4 Å².